The van der Waals surface area contributed by atoms with Crippen LogP contribution in [0.2, 0.25) is 0 Å². The maximum atomic E-state index is 12.5. The standard InChI is InChI=1S/C27H29O4P/c1-27(2)30-24(25(31-27)26(28)29-3)19-20-32(21-13-7-4-8-14-21,22-15-9-5-10-16-22)23-17-11-6-12-18-23/h4-20,24-26H,1-3H3/b20-19+/t24?,25?,26-/m0/s1. The lowest BCUT2D eigenvalue weighted by atomic mass is 10.2. The van der Waals surface area contributed by atoms with Crippen LogP contribution in [0.5, 0.6) is 0 Å². The first kappa shape index (κ1) is 22.8. The topological polar surface area (TPSA) is 50.8 Å². The molecule has 4 rings (SSSR count). The van der Waals surface area contributed by atoms with Gasteiger partial charge in [-0.1, -0.05) is 54.6 Å². The molecule has 0 aliphatic carbocycles. The highest BCUT2D eigenvalue weighted by Crippen LogP contribution is 2.57. The smallest absolute Gasteiger partial charge is 0.164 e. The summed E-state index contributed by atoms with van der Waals surface area (Å²) < 4.78 is 17.1. The Labute approximate surface area is 190 Å². The summed E-state index contributed by atoms with van der Waals surface area (Å²) in [7, 11) is -0.767. The van der Waals surface area contributed by atoms with Gasteiger partial charge in [0.25, 0.3) is 0 Å². The molecule has 0 spiro atoms. The van der Waals surface area contributed by atoms with Crippen molar-refractivity contribution < 1.29 is 19.3 Å². The highest BCUT2D eigenvalue weighted by molar-refractivity contribution is 7.98. The molecule has 2 unspecified atom stereocenters. The Bertz CT molecular complexity index is 925. The molecule has 3 atom stereocenters. The van der Waals surface area contributed by atoms with Gasteiger partial charge in [0.2, 0.25) is 0 Å². The third-order valence-electron chi connectivity index (χ3n) is 5.65. The van der Waals surface area contributed by atoms with Crippen molar-refractivity contribution >= 4 is 23.2 Å². The molecule has 1 heterocycles. The second-order valence-electron chi connectivity index (χ2n) is 8.24. The van der Waals surface area contributed by atoms with Crippen molar-refractivity contribution in [3.05, 3.63) is 103 Å². The molecule has 32 heavy (non-hydrogen) atoms. The molecule has 1 saturated heterocycles. The lowest BCUT2D eigenvalue weighted by Gasteiger charge is -2.29. The molecule has 3 aromatic rings. The SMILES string of the molecule is CO[C@H]([O-])C1OC(C)(C)OC1/C=C/[P+](c1ccccc1)(c1ccccc1)c1ccccc1. The van der Waals surface area contributed by atoms with Crippen LogP contribution in [-0.2, 0) is 14.2 Å². The number of hydrogen-bond donors (Lipinski definition) is 0. The predicted octanol–water partition coefficient (Wildman–Crippen LogP) is 3.35. The predicted molar refractivity (Wildman–Crippen MR) is 129 cm³/mol. The van der Waals surface area contributed by atoms with Crippen LogP contribution in [0, 0.1) is 0 Å². The Balaban J connectivity index is 1.88. The van der Waals surface area contributed by atoms with Crippen LogP contribution in [0.1, 0.15) is 13.8 Å². The van der Waals surface area contributed by atoms with Gasteiger partial charge >= 0.3 is 0 Å². The van der Waals surface area contributed by atoms with E-state index in [-0.39, 0.29) is 0 Å². The van der Waals surface area contributed by atoms with Gasteiger partial charge in [-0.2, -0.15) is 0 Å². The summed E-state index contributed by atoms with van der Waals surface area (Å²) in [6.07, 6.45) is -0.563. The zero-order valence-corrected chi connectivity index (χ0v) is 19.5. The fourth-order valence-electron chi connectivity index (χ4n) is 4.22. The van der Waals surface area contributed by atoms with Crippen LogP contribution in [0.25, 0.3) is 0 Å². The van der Waals surface area contributed by atoms with Gasteiger partial charge in [0.1, 0.15) is 35.4 Å². The summed E-state index contributed by atoms with van der Waals surface area (Å²) in [6, 6.07) is 31.6. The van der Waals surface area contributed by atoms with Gasteiger partial charge in [0, 0.05) is 13.4 Å². The van der Waals surface area contributed by atoms with Gasteiger partial charge < -0.3 is 19.3 Å². The third-order valence-corrected chi connectivity index (χ3v) is 9.61. The van der Waals surface area contributed by atoms with Crippen LogP contribution in [-0.4, -0.2) is 31.4 Å². The molecule has 0 radical (unpaired) electrons. The Morgan fingerprint density at radius 1 is 0.812 bits per heavy atom. The molecule has 166 valence electrons. The maximum absolute atomic E-state index is 12.5. The largest absolute Gasteiger partial charge is 0.829 e. The fourth-order valence-corrected chi connectivity index (χ4v) is 7.99. The van der Waals surface area contributed by atoms with E-state index in [1.54, 1.807) is 0 Å². The van der Waals surface area contributed by atoms with Crippen molar-refractivity contribution in [3.63, 3.8) is 0 Å². The highest BCUT2D eigenvalue weighted by Gasteiger charge is 2.46. The number of benzene rings is 3. The molecule has 1 aliphatic heterocycles. The molecule has 5 heteroatoms. The van der Waals surface area contributed by atoms with E-state index in [4.69, 9.17) is 14.2 Å². The number of methoxy groups -OCH3 is 1. The van der Waals surface area contributed by atoms with Crippen molar-refractivity contribution in [1.29, 1.82) is 0 Å². The van der Waals surface area contributed by atoms with Gasteiger partial charge in [-0.05, 0) is 56.3 Å². The van der Waals surface area contributed by atoms with Crippen molar-refractivity contribution in [2.75, 3.05) is 7.11 Å². The molecule has 3 aromatic carbocycles. The van der Waals surface area contributed by atoms with E-state index in [1.165, 1.54) is 23.0 Å². The molecule has 1 aliphatic rings. The average Bonchev–Trinajstić information content (AvgIpc) is 3.15. The lowest BCUT2D eigenvalue weighted by Crippen LogP contribution is -2.45. The molecule has 0 saturated carbocycles. The molecule has 0 aromatic heterocycles. The van der Waals surface area contributed by atoms with Gasteiger partial charge in [-0.25, -0.2) is 0 Å². The summed E-state index contributed by atoms with van der Waals surface area (Å²) >= 11 is 0. The zero-order valence-electron chi connectivity index (χ0n) is 18.6. The van der Waals surface area contributed by atoms with E-state index >= 15 is 0 Å². The highest BCUT2D eigenvalue weighted by atomic mass is 31.2. The summed E-state index contributed by atoms with van der Waals surface area (Å²) in [5, 5.41) is 16.2. The van der Waals surface area contributed by atoms with Crippen LogP contribution < -0.4 is 21.0 Å². The summed E-state index contributed by atoms with van der Waals surface area (Å²) in [5.41, 5.74) is 0. The normalized spacial score (nSPS) is 21.6. The monoisotopic (exact) mass is 448 g/mol. The molecule has 4 nitrogen and oxygen atoms in total. The maximum Gasteiger partial charge on any atom is 0.164 e. The quantitative estimate of drug-likeness (QED) is 0.411. The van der Waals surface area contributed by atoms with Crippen molar-refractivity contribution in [3.8, 4) is 0 Å². The van der Waals surface area contributed by atoms with E-state index in [0.29, 0.717) is 0 Å². The van der Waals surface area contributed by atoms with E-state index in [9.17, 15) is 5.11 Å². The van der Waals surface area contributed by atoms with E-state index in [2.05, 4.69) is 78.6 Å². The fraction of sp³-hybridized carbons (Fsp3) is 0.259. The van der Waals surface area contributed by atoms with Crippen LogP contribution >= 0.6 is 7.26 Å². The summed E-state index contributed by atoms with van der Waals surface area (Å²) in [5.74, 6) is 1.39. The minimum absolute atomic E-state index is 0.511. The van der Waals surface area contributed by atoms with Gasteiger partial charge in [-0.15, -0.1) is 0 Å². The second-order valence-corrected chi connectivity index (χ2v) is 11.5. The van der Waals surface area contributed by atoms with E-state index in [0.717, 1.165) is 0 Å². The van der Waals surface area contributed by atoms with Crippen molar-refractivity contribution in [1.82, 2.24) is 0 Å². The molecule has 0 bridgehead atoms. The second kappa shape index (κ2) is 9.66. The lowest BCUT2D eigenvalue weighted by molar-refractivity contribution is -0.506. The Kier molecular flexibility index (Phi) is 6.90. The molecule has 0 N–H and O–H groups in total. The van der Waals surface area contributed by atoms with Crippen LogP contribution in [0.4, 0.5) is 0 Å². The average molecular weight is 448 g/mol. The first-order chi connectivity index (χ1) is 15.5. The minimum Gasteiger partial charge on any atom is -0.829 e. The van der Waals surface area contributed by atoms with Crippen molar-refractivity contribution in [2.24, 2.45) is 0 Å². The van der Waals surface area contributed by atoms with Crippen molar-refractivity contribution in [2.45, 2.75) is 38.1 Å². The van der Waals surface area contributed by atoms with Gasteiger partial charge in [0.05, 0.1) is 5.82 Å². The van der Waals surface area contributed by atoms with Crippen LogP contribution in [0.3, 0.4) is 0 Å². The Morgan fingerprint density at radius 2 is 1.25 bits per heavy atom. The first-order valence-electron chi connectivity index (χ1n) is 10.8. The number of hydrogen-bond acceptors (Lipinski definition) is 4. The Hall–Kier alpha value is -2.33. The summed E-state index contributed by atoms with van der Waals surface area (Å²) in [6.45, 7) is 3.65. The molecule has 0 amide bonds. The molecular weight excluding hydrogens is 419 g/mol. The number of rotatable bonds is 7. The zero-order chi connectivity index (χ0) is 22.6. The third kappa shape index (κ3) is 4.56. The minimum atomic E-state index is -2.17. The number of ether oxygens (including phenoxy) is 3. The molecule has 1 fully saturated rings. The van der Waals surface area contributed by atoms with E-state index in [1.807, 2.05) is 38.1 Å². The van der Waals surface area contributed by atoms with Crippen LogP contribution in [0.15, 0.2) is 103 Å². The summed E-state index contributed by atoms with van der Waals surface area (Å²) in [4.78, 5) is 0. The Morgan fingerprint density at radius 3 is 1.66 bits per heavy atom. The first-order valence-corrected chi connectivity index (χ1v) is 12.6. The van der Waals surface area contributed by atoms with Gasteiger partial charge in [0.15, 0.2) is 5.79 Å². The van der Waals surface area contributed by atoms with Gasteiger partial charge in [-0.3, -0.25) is 0 Å². The molecular formula is C27H29O4P. The van der Waals surface area contributed by atoms with E-state index < -0.39 is 31.5 Å².